The van der Waals surface area contributed by atoms with Gasteiger partial charge in [0.1, 0.15) is 17.8 Å². The lowest BCUT2D eigenvalue weighted by molar-refractivity contribution is -0.111. The number of phosphoric ester groups is 2. The Balaban J connectivity index is 1.20. The number of nitrogens with zero attached hydrogens (tertiary/aromatic N) is 3. The van der Waals surface area contributed by atoms with E-state index in [-0.39, 0.29) is 28.7 Å². The molecule has 5 rings (SSSR count). The molecule has 1 aromatic heterocycles. The lowest BCUT2D eigenvalue weighted by Crippen LogP contribution is -2.32. The minimum atomic E-state index is -6.08. The molecule has 1 fully saturated rings. The van der Waals surface area contributed by atoms with Crippen LogP contribution in [0.1, 0.15) is 38.5 Å². The quantitative estimate of drug-likeness (QED) is 0.144. The SMILES string of the molecule is CC1(C)C2=C(Cl)C(=O)C(Cl)=CC2=Nc2ccc(OP(=O)(O)OP(=O)(O)OP(=O)(O)OP(=O)(O)OC[C@@H]3CCC(n4ccc(N)nc4=O)O3)cc21. The Kier molecular flexibility index (Phi) is 10.8. The molecule has 1 saturated heterocycles. The topological polar surface area (TPSA) is 295 Å². The van der Waals surface area contributed by atoms with Crippen LogP contribution in [-0.2, 0) is 50.7 Å². The van der Waals surface area contributed by atoms with Gasteiger partial charge in [-0.15, -0.1) is 0 Å². The highest BCUT2D eigenvalue weighted by molar-refractivity contribution is 7.69. The van der Waals surface area contributed by atoms with E-state index in [9.17, 15) is 47.4 Å². The van der Waals surface area contributed by atoms with Crippen LogP contribution < -0.4 is 15.9 Å². The third-order valence-corrected chi connectivity index (χ3v) is 13.7. The molecule has 3 heterocycles. The third-order valence-electron chi connectivity index (χ3n) is 7.17. The van der Waals surface area contributed by atoms with E-state index in [0.717, 1.165) is 10.6 Å². The summed E-state index contributed by atoms with van der Waals surface area (Å²) >= 11 is 12.2. The van der Waals surface area contributed by atoms with Gasteiger partial charge in [-0.2, -0.15) is 17.9 Å². The van der Waals surface area contributed by atoms with Crippen LogP contribution in [0.25, 0.3) is 0 Å². The molecule has 3 aliphatic rings. The zero-order chi connectivity index (χ0) is 37.0. The molecule has 5 unspecified atom stereocenters. The largest absolute Gasteiger partial charge is 0.536 e. The van der Waals surface area contributed by atoms with Gasteiger partial charge in [0.2, 0.25) is 5.78 Å². The number of allylic oxidation sites excluding steroid dienone is 4. The molecule has 0 radical (unpaired) electrons. The van der Waals surface area contributed by atoms with Gasteiger partial charge in [0, 0.05) is 17.2 Å². The van der Waals surface area contributed by atoms with E-state index in [1.807, 2.05) is 0 Å². The maximum atomic E-state index is 12.7. The Morgan fingerprint density at radius 1 is 0.980 bits per heavy atom. The van der Waals surface area contributed by atoms with Crippen LogP contribution in [0.15, 0.2) is 62.0 Å². The van der Waals surface area contributed by atoms with Gasteiger partial charge in [-0.25, -0.2) is 28.0 Å². The normalized spacial score (nSPS) is 24.8. The molecule has 272 valence electrons. The second kappa shape index (κ2) is 13.9. The van der Waals surface area contributed by atoms with E-state index in [2.05, 4.69) is 27.4 Å². The average Bonchev–Trinajstić information content (AvgIpc) is 3.42. The molecule has 6 N–H and O–H groups in total. The molecule has 6 atom stereocenters. The van der Waals surface area contributed by atoms with Crippen molar-refractivity contribution in [2.24, 2.45) is 4.99 Å². The highest BCUT2D eigenvalue weighted by Gasteiger charge is 2.47. The number of nitrogen functional groups attached to an aromatic ring is 1. The van der Waals surface area contributed by atoms with Gasteiger partial charge in [-0.3, -0.25) is 18.8 Å². The van der Waals surface area contributed by atoms with E-state index >= 15 is 0 Å². The molecular weight excluding hydrogens is 795 g/mol. The number of nitrogens with two attached hydrogens (primary N) is 1. The molecule has 2 aromatic rings. The maximum absolute atomic E-state index is 12.7. The Hall–Kier alpha value is -2.34. The smallest absolute Gasteiger partial charge is 0.404 e. The number of ether oxygens (including phenoxy) is 1. The molecule has 0 saturated carbocycles. The minimum Gasteiger partial charge on any atom is -0.404 e. The first-order chi connectivity index (χ1) is 23.0. The molecule has 2 aliphatic heterocycles. The predicted molar refractivity (Wildman–Crippen MR) is 174 cm³/mol. The van der Waals surface area contributed by atoms with Crippen LogP contribution in [0.4, 0.5) is 11.5 Å². The first kappa shape index (κ1) is 38.9. The summed E-state index contributed by atoms with van der Waals surface area (Å²) in [6.45, 7) is 2.60. The number of benzene rings is 1. The number of phosphoric acid groups is 4. The fraction of sp³-hybridized carbons (Fsp3) is 0.333. The van der Waals surface area contributed by atoms with Crippen molar-refractivity contribution in [3.8, 4) is 5.75 Å². The van der Waals surface area contributed by atoms with Gasteiger partial charge in [0.25, 0.3) is 0 Å². The maximum Gasteiger partial charge on any atom is 0.536 e. The molecule has 50 heavy (non-hydrogen) atoms. The number of carbonyl (C=O) groups is 1. The highest BCUT2D eigenvalue weighted by atomic mass is 35.5. The van der Waals surface area contributed by atoms with Crippen LogP contribution in [0.3, 0.4) is 0 Å². The third kappa shape index (κ3) is 8.81. The number of Topliss-reactive ketones (excluding diaryl/α,β-unsaturated/α-hetero) is 1. The molecule has 20 nitrogen and oxygen atoms in total. The number of ketones is 1. The molecule has 1 aromatic carbocycles. The first-order valence-corrected chi connectivity index (χ1v) is 20.6. The Morgan fingerprint density at radius 3 is 2.28 bits per heavy atom. The number of aromatic nitrogens is 2. The van der Waals surface area contributed by atoms with Crippen molar-refractivity contribution in [3.63, 3.8) is 0 Å². The fourth-order valence-corrected chi connectivity index (χ4v) is 10.8. The molecule has 0 bridgehead atoms. The van der Waals surface area contributed by atoms with Crippen molar-refractivity contribution >= 4 is 77.5 Å². The number of fused-ring (bicyclic) bond motifs is 2. The Bertz CT molecular complexity index is 2120. The first-order valence-electron chi connectivity index (χ1n) is 13.8. The molecular formula is C24H26Cl2N4O16P4. The second-order valence-electron chi connectivity index (χ2n) is 11.1. The summed E-state index contributed by atoms with van der Waals surface area (Å²) < 4.78 is 77.9. The van der Waals surface area contributed by atoms with Gasteiger partial charge in [0.15, 0.2) is 0 Å². The number of rotatable bonds is 12. The van der Waals surface area contributed by atoms with E-state index in [0.29, 0.717) is 22.5 Å². The van der Waals surface area contributed by atoms with Gasteiger partial charge in [0.05, 0.1) is 34.2 Å². The van der Waals surface area contributed by atoms with Crippen molar-refractivity contribution in [3.05, 3.63) is 68.2 Å². The monoisotopic (exact) mass is 820 g/mol. The van der Waals surface area contributed by atoms with Crippen LogP contribution >= 0.6 is 54.5 Å². The average molecular weight is 821 g/mol. The number of anilines is 1. The standard InChI is InChI=1S/C24H26Cl2N4O16P4/c1-24(2)14-9-12(3-5-16(14)28-17-10-15(25)22(31)21(26)20(17)24)43-48(35,36)45-50(39,40)46-49(37,38)44-47(33,34)41-11-13-4-6-19(42-13)30-8-7-18(27)29-23(30)32/h3,5,7-10,13,19H,4,6,11H2,1-2H3,(H,33,34)(H,35,36)(H,37,38)(H,39,40)(H2,27,29,32)/t13-,19?/m0/s1. The van der Waals surface area contributed by atoms with Gasteiger partial charge in [-0.1, -0.05) is 37.0 Å². The Labute approximate surface area is 291 Å². The van der Waals surface area contributed by atoms with Crippen molar-refractivity contribution in [2.75, 3.05) is 12.3 Å². The molecule has 1 aliphatic carbocycles. The molecule has 0 amide bonds. The number of hydrogen-bond acceptors (Lipinski definition) is 15. The summed E-state index contributed by atoms with van der Waals surface area (Å²) in [6.07, 6.45) is 1.33. The zero-order valence-corrected chi connectivity index (χ0v) is 30.5. The van der Waals surface area contributed by atoms with Crippen LogP contribution in [0, 0.1) is 0 Å². The van der Waals surface area contributed by atoms with Crippen molar-refractivity contribution in [1.82, 2.24) is 9.55 Å². The van der Waals surface area contributed by atoms with Gasteiger partial charge in [-0.05, 0) is 48.7 Å². The summed E-state index contributed by atoms with van der Waals surface area (Å²) in [5.74, 6) is -1.10. The van der Waals surface area contributed by atoms with Crippen molar-refractivity contribution in [1.29, 1.82) is 0 Å². The van der Waals surface area contributed by atoms with Crippen LogP contribution in [0.5, 0.6) is 5.75 Å². The van der Waals surface area contributed by atoms with Crippen molar-refractivity contribution in [2.45, 2.75) is 44.4 Å². The molecule has 26 heteroatoms. The lowest BCUT2D eigenvalue weighted by Gasteiger charge is -2.36. The van der Waals surface area contributed by atoms with E-state index < -0.39 is 72.9 Å². The van der Waals surface area contributed by atoms with E-state index in [1.54, 1.807) is 13.8 Å². The number of halogens is 2. The van der Waals surface area contributed by atoms with Crippen LogP contribution in [0.2, 0.25) is 0 Å². The number of carbonyl (C=O) groups excluding carboxylic acids is 1. The van der Waals surface area contributed by atoms with Crippen LogP contribution in [-0.4, -0.2) is 53.3 Å². The van der Waals surface area contributed by atoms with Gasteiger partial charge >= 0.3 is 37.0 Å². The summed E-state index contributed by atoms with van der Waals surface area (Å²) in [5.41, 5.74) is 4.94. The number of hydrogen-bond donors (Lipinski definition) is 5. The predicted octanol–water partition coefficient (Wildman–Crippen LogP) is 4.61. The Morgan fingerprint density at radius 2 is 1.62 bits per heavy atom. The summed E-state index contributed by atoms with van der Waals surface area (Å²) in [7, 11) is -23.3. The summed E-state index contributed by atoms with van der Waals surface area (Å²) in [5, 5.41) is -0.356. The summed E-state index contributed by atoms with van der Waals surface area (Å²) in [6, 6.07) is 5.02. The highest BCUT2D eigenvalue weighted by Crippen LogP contribution is 2.71. The zero-order valence-electron chi connectivity index (χ0n) is 25.4. The fourth-order valence-electron chi connectivity index (χ4n) is 5.14. The van der Waals surface area contributed by atoms with E-state index in [1.165, 1.54) is 30.5 Å². The number of aliphatic imine (C=N–C) groups is 1. The summed E-state index contributed by atoms with van der Waals surface area (Å²) in [4.78, 5) is 72.3. The minimum absolute atomic E-state index is 0.0218. The van der Waals surface area contributed by atoms with E-state index in [4.69, 9.17) is 38.2 Å². The lowest BCUT2D eigenvalue weighted by atomic mass is 9.71. The van der Waals surface area contributed by atoms with Crippen molar-refractivity contribution < 1.29 is 69.3 Å². The second-order valence-corrected chi connectivity index (χ2v) is 18.1. The molecule has 0 spiro atoms. The van der Waals surface area contributed by atoms with Gasteiger partial charge < -0.3 is 29.7 Å².